The molecule has 0 spiro atoms. The number of unbranched alkanes of at least 4 members (excludes halogenated alkanes) is 1. The van der Waals surface area contributed by atoms with E-state index in [0.29, 0.717) is 39.4 Å². The number of aliphatic carboxylic acids is 1. The molecule has 2 heterocycles. The first kappa shape index (κ1) is 66.8. The average Bonchev–Trinajstić information content (AvgIpc) is 3.42. The van der Waals surface area contributed by atoms with Gasteiger partial charge < -0.3 is 64.8 Å². The SMILES string of the molecule is CC(=O)N(O)CCCC(NC(=O)[C@H](CCCN(O)C(C)=O)NC(=O)[C@@H](N)CCCN(O)C(C)=O)C(=O)NCCNC(=O)[C@H](CCCCN)NC(=O)CC[C@@H](NC(=O)c1ccc(N(C)Cc2cnc3nc(N)nc(N)c3n2)cc1)C(=O)O. The lowest BCUT2D eigenvalue weighted by molar-refractivity contribution is -0.163. The van der Waals surface area contributed by atoms with Gasteiger partial charge in [0.1, 0.15) is 24.2 Å². The summed E-state index contributed by atoms with van der Waals surface area (Å²) in [7, 11) is 1.77. The van der Waals surface area contributed by atoms with Crippen LogP contribution in [0, 0.1) is 0 Å². The van der Waals surface area contributed by atoms with Crippen LogP contribution in [-0.2, 0) is 49.7 Å². The molecule has 5 atom stereocenters. The second-order valence-electron chi connectivity index (χ2n) is 18.9. The minimum absolute atomic E-state index is 0.0134. The van der Waals surface area contributed by atoms with Crippen molar-refractivity contribution in [2.45, 2.75) is 128 Å². The van der Waals surface area contributed by atoms with Crippen molar-refractivity contribution in [2.75, 3.05) is 62.7 Å². The molecular weight excluding hydrogens is 1060 g/mol. The summed E-state index contributed by atoms with van der Waals surface area (Å²) in [5.41, 5.74) is 25.2. The first-order valence-corrected chi connectivity index (χ1v) is 26.0. The van der Waals surface area contributed by atoms with Crippen LogP contribution in [0.2, 0.25) is 0 Å². The van der Waals surface area contributed by atoms with Crippen LogP contribution in [0.25, 0.3) is 11.2 Å². The first-order chi connectivity index (χ1) is 38.3. The topological polar surface area (TPSA) is 492 Å². The van der Waals surface area contributed by atoms with Crippen LogP contribution in [0.5, 0.6) is 0 Å². The van der Waals surface area contributed by atoms with Crippen molar-refractivity contribution in [1.29, 1.82) is 0 Å². The van der Waals surface area contributed by atoms with Crippen molar-refractivity contribution >= 4 is 87.8 Å². The second-order valence-corrected chi connectivity index (χ2v) is 18.9. The number of carbonyl (C=O) groups excluding carboxylic acids is 9. The molecule has 0 aliphatic carbocycles. The van der Waals surface area contributed by atoms with Gasteiger partial charge in [-0.15, -0.1) is 0 Å². The number of hydrogen-bond acceptors (Lipinski definition) is 22. The molecule has 2 aromatic heterocycles. The summed E-state index contributed by atoms with van der Waals surface area (Å²) in [5.74, 6) is -7.92. The minimum Gasteiger partial charge on any atom is -0.480 e. The molecule has 0 aliphatic rings. The van der Waals surface area contributed by atoms with E-state index in [-0.39, 0.29) is 126 Å². The fraction of sp³-hybridized carbons (Fsp3) is 0.551. The number of carboxylic acid groups (broad SMARTS) is 1. The van der Waals surface area contributed by atoms with Crippen LogP contribution in [-0.4, -0.2) is 192 Å². The predicted octanol–water partition coefficient (Wildman–Crippen LogP) is -2.62. The van der Waals surface area contributed by atoms with E-state index in [4.69, 9.17) is 22.9 Å². The van der Waals surface area contributed by atoms with E-state index in [0.717, 1.165) is 20.8 Å². The molecule has 1 aromatic carbocycles. The van der Waals surface area contributed by atoms with Gasteiger partial charge in [-0.2, -0.15) is 9.97 Å². The highest BCUT2D eigenvalue weighted by Gasteiger charge is 2.30. The number of fused-ring (bicyclic) bond motifs is 1. The number of nitrogen functional groups attached to an aromatic ring is 2. The van der Waals surface area contributed by atoms with E-state index in [9.17, 15) is 68.7 Å². The highest BCUT2D eigenvalue weighted by molar-refractivity contribution is 5.97. The summed E-state index contributed by atoms with van der Waals surface area (Å²) in [6, 6.07) is -0.284. The van der Waals surface area contributed by atoms with Crippen molar-refractivity contribution in [3.8, 4) is 0 Å². The molecule has 446 valence electrons. The minimum atomic E-state index is -1.49. The summed E-state index contributed by atoms with van der Waals surface area (Å²) in [5, 5.41) is 56.0. The van der Waals surface area contributed by atoms with Crippen LogP contribution in [0.1, 0.15) is 107 Å². The largest absolute Gasteiger partial charge is 0.480 e. The summed E-state index contributed by atoms with van der Waals surface area (Å²) >= 11 is 0. The summed E-state index contributed by atoms with van der Waals surface area (Å²) in [6.07, 6.45) is 1.56. The van der Waals surface area contributed by atoms with Gasteiger partial charge in [-0.1, -0.05) is 0 Å². The molecule has 0 bridgehead atoms. The number of anilines is 3. The Balaban J connectivity index is 1.62. The van der Waals surface area contributed by atoms with Crippen molar-refractivity contribution < 1.29 is 68.7 Å². The van der Waals surface area contributed by atoms with Crippen LogP contribution in [0.4, 0.5) is 17.5 Å². The monoisotopic (exact) mass is 1140 g/mol. The Morgan fingerprint density at radius 2 is 1.11 bits per heavy atom. The lowest BCUT2D eigenvalue weighted by atomic mass is 10.1. The zero-order valence-corrected chi connectivity index (χ0v) is 45.8. The quantitative estimate of drug-likeness (QED) is 0.0163. The maximum absolute atomic E-state index is 13.8. The molecule has 0 fully saturated rings. The Hall–Kier alpha value is -8.46. The van der Waals surface area contributed by atoms with Crippen molar-refractivity contribution in [3.63, 3.8) is 0 Å². The lowest BCUT2D eigenvalue weighted by Gasteiger charge is -2.25. The molecule has 32 nitrogen and oxygen atoms in total. The molecule has 0 aliphatic heterocycles. The number of hydroxylamine groups is 6. The van der Waals surface area contributed by atoms with Crippen molar-refractivity contribution in [3.05, 3.63) is 41.7 Å². The fourth-order valence-electron chi connectivity index (χ4n) is 7.72. The van der Waals surface area contributed by atoms with Crippen LogP contribution >= 0.6 is 0 Å². The molecule has 9 amide bonds. The third-order valence-corrected chi connectivity index (χ3v) is 12.4. The van der Waals surface area contributed by atoms with E-state index in [1.54, 1.807) is 19.2 Å². The zero-order chi connectivity index (χ0) is 60.3. The van der Waals surface area contributed by atoms with Gasteiger partial charge in [0.15, 0.2) is 17.0 Å². The van der Waals surface area contributed by atoms with Gasteiger partial charge >= 0.3 is 5.97 Å². The normalized spacial score (nSPS) is 12.8. The standard InChI is InChI=1S/C49H76N18O14/c1-28(68)65(79)23-7-10-34(51)44(73)59-37(13-9-25-67(81)30(3)70)47(76)60-36(12-8-24-66(80)29(2)69)46(75)55-22-21-54-45(74)35(11-5-6-20-50)58-39(71)19-18-38(48(77)78)61-43(72)31-14-16-33(17-15-31)64(4)27-32-26-56-42-40(57-32)41(52)62-49(53)63-42/h14-17,26,34-38,79-81H,5-13,18-25,27,50-51H2,1-4H3,(H,54,74)(H,55,75)(H,58,71)(H,59,73)(H,60,76)(H,61,72)(H,77,78)(H4,52,53,56,62,63)/t34-,35-,36?,37-,38+/m0/s1. The second kappa shape index (κ2) is 33.9. The molecule has 18 N–H and O–H groups in total. The molecule has 0 saturated heterocycles. The van der Waals surface area contributed by atoms with Gasteiger partial charge in [-0.3, -0.25) is 58.8 Å². The Morgan fingerprint density at radius 3 is 1.64 bits per heavy atom. The molecule has 3 rings (SSSR count). The Morgan fingerprint density at radius 1 is 0.605 bits per heavy atom. The maximum atomic E-state index is 13.8. The van der Waals surface area contributed by atoms with Crippen LogP contribution < -0.4 is 59.7 Å². The predicted molar refractivity (Wildman–Crippen MR) is 289 cm³/mol. The lowest BCUT2D eigenvalue weighted by Crippen LogP contribution is -2.56. The van der Waals surface area contributed by atoms with Gasteiger partial charge in [-0.25, -0.2) is 30.0 Å². The van der Waals surface area contributed by atoms with Gasteiger partial charge in [0, 0.05) is 78.2 Å². The number of nitrogens with one attached hydrogen (secondary N) is 6. The molecule has 32 heteroatoms. The number of carboxylic acids is 1. The van der Waals surface area contributed by atoms with E-state index < -0.39 is 95.8 Å². The molecule has 1 unspecified atom stereocenters. The summed E-state index contributed by atoms with van der Waals surface area (Å²) < 4.78 is 0. The number of nitrogens with two attached hydrogens (primary N) is 4. The van der Waals surface area contributed by atoms with E-state index in [2.05, 4.69) is 51.8 Å². The van der Waals surface area contributed by atoms with Crippen molar-refractivity contribution in [2.24, 2.45) is 11.5 Å². The van der Waals surface area contributed by atoms with Gasteiger partial charge in [-0.05, 0) is 95.0 Å². The highest BCUT2D eigenvalue weighted by atomic mass is 16.5. The van der Waals surface area contributed by atoms with E-state index in [1.807, 2.05) is 4.90 Å². The Labute approximate surface area is 466 Å². The van der Waals surface area contributed by atoms with E-state index in [1.165, 1.54) is 18.3 Å². The molecule has 3 aromatic rings. The fourth-order valence-corrected chi connectivity index (χ4v) is 7.72. The van der Waals surface area contributed by atoms with Crippen LogP contribution in [0.15, 0.2) is 30.5 Å². The number of amides is 9. The molecule has 0 saturated carbocycles. The summed E-state index contributed by atoms with van der Waals surface area (Å²) in [6.45, 7) is 2.90. The third kappa shape index (κ3) is 23.4. The van der Waals surface area contributed by atoms with E-state index >= 15 is 0 Å². The number of hydrogen-bond donors (Lipinski definition) is 14. The number of nitrogens with zero attached hydrogens (tertiary/aromatic N) is 8. The molecular formula is C49H76N18O14. The Kier molecular flexibility index (Phi) is 27.9. The highest BCUT2D eigenvalue weighted by Crippen LogP contribution is 2.19. The maximum Gasteiger partial charge on any atom is 0.326 e. The van der Waals surface area contributed by atoms with Gasteiger partial charge in [0.05, 0.1) is 24.5 Å². The Bertz CT molecular complexity index is 2650. The molecule has 81 heavy (non-hydrogen) atoms. The number of aromatic nitrogens is 4. The summed E-state index contributed by atoms with van der Waals surface area (Å²) in [4.78, 5) is 146. The van der Waals surface area contributed by atoms with Crippen molar-refractivity contribution in [1.82, 2.24) is 67.0 Å². The zero-order valence-electron chi connectivity index (χ0n) is 45.8. The van der Waals surface area contributed by atoms with Crippen LogP contribution in [0.3, 0.4) is 0 Å². The third-order valence-electron chi connectivity index (χ3n) is 12.4. The number of carbonyl (C=O) groups is 10. The first-order valence-electron chi connectivity index (χ1n) is 26.0. The van der Waals surface area contributed by atoms with Gasteiger partial charge in [0.2, 0.25) is 53.2 Å². The number of benzene rings is 1. The smallest absolute Gasteiger partial charge is 0.326 e. The van der Waals surface area contributed by atoms with Gasteiger partial charge in [0.25, 0.3) is 5.91 Å². The molecule has 0 radical (unpaired) electrons. The number of rotatable bonds is 35. The average molecular weight is 1140 g/mol.